The second-order valence-electron chi connectivity index (χ2n) is 7.16. The first-order valence-corrected chi connectivity index (χ1v) is 9.19. The lowest BCUT2D eigenvalue weighted by Gasteiger charge is -2.31. The van der Waals surface area contributed by atoms with E-state index in [1.807, 2.05) is 25.1 Å². The molecule has 1 aliphatic carbocycles. The van der Waals surface area contributed by atoms with Crippen LogP contribution in [0, 0.1) is 5.92 Å². The Kier molecular flexibility index (Phi) is 4.06. The van der Waals surface area contributed by atoms with Crippen molar-refractivity contribution >= 4 is 17.5 Å². The van der Waals surface area contributed by atoms with Gasteiger partial charge in [0.25, 0.3) is 5.79 Å². The van der Waals surface area contributed by atoms with E-state index in [9.17, 15) is 9.59 Å². The molecule has 0 aromatic heterocycles. The van der Waals surface area contributed by atoms with Crippen LogP contribution in [0.4, 0.5) is 5.69 Å². The third kappa shape index (κ3) is 3.05. The first kappa shape index (κ1) is 16.2. The highest BCUT2D eigenvalue weighted by Gasteiger charge is 2.42. The summed E-state index contributed by atoms with van der Waals surface area (Å²) in [4.78, 5) is 26.0. The monoisotopic (exact) mass is 344 g/mol. The summed E-state index contributed by atoms with van der Waals surface area (Å²) in [5, 5.41) is 2.92. The van der Waals surface area contributed by atoms with Crippen molar-refractivity contribution in [1.29, 1.82) is 0 Å². The number of nitrogens with zero attached hydrogens (tertiary/aromatic N) is 1. The van der Waals surface area contributed by atoms with Crippen molar-refractivity contribution in [2.75, 3.05) is 18.4 Å². The molecule has 1 saturated carbocycles. The Labute approximate surface area is 147 Å². The third-order valence-corrected chi connectivity index (χ3v) is 5.39. The first-order valence-electron chi connectivity index (χ1n) is 9.19. The number of amides is 2. The molecule has 4 rings (SSSR count). The van der Waals surface area contributed by atoms with Crippen molar-refractivity contribution in [3.63, 3.8) is 0 Å². The summed E-state index contributed by atoms with van der Waals surface area (Å²) in [6.07, 6.45) is 5.54. The van der Waals surface area contributed by atoms with Gasteiger partial charge in [0, 0.05) is 44.1 Å². The van der Waals surface area contributed by atoms with Gasteiger partial charge in [-0.2, -0.15) is 0 Å². The molecule has 1 aromatic carbocycles. The molecule has 134 valence electrons. The number of rotatable bonds is 3. The van der Waals surface area contributed by atoms with Crippen molar-refractivity contribution in [2.45, 2.75) is 51.2 Å². The van der Waals surface area contributed by atoms with Crippen molar-refractivity contribution in [3.05, 3.63) is 18.2 Å². The average Bonchev–Trinajstić information content (AvgIpc) is 3.15. The molecule has 1 unspecified atom stereocenters. The van der Waals surface area contributed by atoms with Gasteiger partial charge >= 0.3 is 0 Å². The van der Waals surface area contributed by atoms with E-state index in [1.54, 1.807) is 4.90 Å². The van der Waals surface area contributed by atoms with E-state index < -0.39 is 5.79 Å². The maximum absolute atomic E-state index is 12.5. The van der Waals surface area contributed by atoms with Gasteiger partial charge < -0.3 is 19.7 Å². The van der Waals surface area contributed by atoms with Gasteiger partial charge in [-0.1, -0.05) is 6.42 Å². The maximum Gasteiger partial charge on any atom is 0.251 e. The highest BCUT2D eigenvalue weighted by Crippen LogP contribution is 2.46. The number of hydrogen-bond acceptors (Lipinski definition) is 4. The average molecular weight is 344 g/mol. The van der Waals surface area contributed by atoms with E-state index in [2.05, 4.69) is 5.32 Å². The van der Waals surface area contributed by atoms with Crippen LogP contribution in [0.25, 0.3) is 0 Å². The molecule has 0 radical (unpaired) electrons. The SMILES string of the molecule is CCN1CC(C(=O)Nc2ccc3c(c2)OC2(CCCCC2)O3)CC1=O. The summed E-state index contributed by atoms with van der Waals surface area (Å²) in [5.41, 5.74) is 0.683. The summed E-state index contributed by atoms with van der Waals surface area (Å²) in [5.74, 6) is 0.569. The summed E-state index contributed by atoms with van der Waals surface area (Å²) >= 11 is 0. The number of benzene rings is 1. The number of likely N-dealkylation sites (tertiary alicyclic amines) is 1. The first-order chi connectivity index (χ1) is 12.1. The van der Waals surface area contributed by atoms with E-state index in [1.165, 1.54) is 6.42 Å². The van der Waals surface area contributed by atoms with E-state index in [-0.39, 0.29) is 24.2 Å². The van der Waals surface area contributed by atoms with Crippen molar-refractivity contribution in [1.82, 2.24) is 4.90 Å². The molecule has 1 aromatic rings. The second kappa shape index (κ2) is 6.24. The molecule has 25 heavy (non-hydrogen) atoms. The minimum atomic E-state index is -0.511. The molecular weight excluding hydrogens is 320 g/mol. The summed E-state index contributed by atoms with van der Waals surface area (Å²) in [6.45, 7) is 3.07. The number of anilines is 1. The van der Waals surface area contributed by atoms with Crippen LogP contribution >= 0.6 is 0 Å². The van der Waals surface area contributed by atoms with Crippen LogP contribution in [0.15, 0.2) is 18.2 Å². The predicted molar refractivity (Wildman–Crippen MR) is 92.5 cm³/mol. The minimum Gasteiger partial charge on any atom is -0.448 e. The van der Waals surface area contributed by atoms with Gasteiger partial charge in [-0.05, 0) is 31.9 Å². The molecule has 6 heteroatoms. The van der Waals surface area contributed by atoms with Gasteiger partial charge in [-0.15, -0.1) is 0 Å². The Balaban J connectivity index is 1.43. The molecule has 1 atom stereocenters. The molecular formula is C19H24N2O4. The number of hydrogen-bond donors (Lipinski definition) is 1. The van der Waals surface area contributed by atoms with Gasteiger partial charge in [0.2, 0.25) is 11.8 Å². The normalized spacial score (nSPS) is 24.0. The molecule has 3 aliphatic rings. The van der Waals surface area contributed by atoms with Crippen LogP contribution in [0.2, 0.25) is 0 Å². The second-order valence-corrected chi connectivity index (χ2v) is 7.16. The van der Waals surface area contributed by atoms with Crippen molar-refractivity contribution in [2.24, 2.45) is 5.92 Å². The molecule has 1 spiro atoms. The lowest BCUT2D eigenvalue weighted by molar-refractivity contribution is -0.128. The molecule has 2 heterocycles. The van der Waals surface area contributed by atoms with Gasteiger partial charge in [0.15, 0.2) is 11.5 Å². The highest BCUT2D eigenvalue weighted by molar-refractivity contribution is 5.97. The van der Waals surface area contributed by atoms with Crippen LogP contribution in [0.1, 0.15) is 45.4 Å². The fraction of sp³-hybridized carbons (Fsp3) is 0.579. The van der Waals surface area contributed by atoms with Gasteiger partial charge in [0.1, 0.15) is 0 Å². The molecule has 2 aliphatic heterocycles. The lowest BCUT2D eigenvalue weighted by Crippen LogP contribution is -2.40. The largest absolute Gasteiger partial charge is 0.448 e. The number of fused-ring (bicyclic) bond motifs is 1. The Morgan fingerprint density at radius 2 is 2.00 bits per heavy atom. The molecule has 2 fully saturated rings. The Morgan fingerprint density at radius 3 is 2.72 bits per heavy atom. The number of carbonyl (C=O) groups excluding carboxylic acids is 2. The van der Waals surface area contributed by atoms with Crippen LogP contribution in [0.3, 0.4) is 0 Å². The van der Waals surface area contributed by atoms with Gasteiger partial charge in [-0.3, -0.25) is 9.59 Å². The zero-order valence-corrected chi connectivity index (χ0v) is 14.5. The topological polar surface area (TPSA) is 67.9 Å². The summed E-state index contributed by atoms with van der Waals surface area (Å²) in [7, 11) is 0. The number of nitrogens with one attached hydrogen (secondary N) is 1. The Bertz CT molecular complexity index is 697. The number of ether oxygens (including phenoxy) is 2. The minimum absolute atomic E-state index is 0.0487. The summed E-state index contributed by atoms with van der Waals surface area (Å²) < 4.78 is 12.2. The quantitative estimate of drug-likeness (QED) is 0.915. The molecule has 2 amide bonds. The molecule has 1 saturated heterocycles. The summed E-state index contributed by atoms with van der Waals surface area (Å²) in [6, 6.07) is 5.51. The zero-order valence-electron chi connectivity index (χ0n) is 14.5. The standard InChI is InChI=1S/C19H24N2O4/c1-2-21-12-13(10-17(21)22)18(23)20-14-6-7-15-16(11-14)25-19(24-15)8-4-3-5-9-19/h6-7,11,13H,2-5,8-10,12H2,1H3,(H,20,23). The van der Waals surface area contributed by atoms with E-state index in [0.29, 0.717) is 24.5 Å². The zero-order chi connectivity index (χ0) is 17.4. The van der Waals surface area contributed by atoms with E-state index in [0.717, 1.165) is 31.4 Å². The Hall–Kier alpha value is -2.24. The highest BCUT2D eigenvalue weighted by atomic mass is 16.7. The Morgan fingerprint density at radius 1 is 1.24 bits per heavy atom. The fourth-order valence-electron chi connectivity index (χ4n) is 3.96. The number of carbonyl (C=O) groups is 2. The fourth-order valence-corrected chi connectivity index (χ4v) is 3.96. The van der Waals surface area contributed by atoms with Crippen LogP contribution < -0.4 is 14.8 Å². The lowest BCUT2D eigenvalue weighted by atomic mass is 9.94. The predicted octanol–water partition coefficient (Wildman–Crippen LogP) is 2.93. The van der Waals surface area contributed by atoms with Crippen molar-refractivity contribution in [3.8, 4) is 11.5 Å². The van der Waals surface area contributed by atoms with Gasteiger partial charge in [0.05, 0.1) is 5.92 Å². The smallest absolute Gasteiger partial charge is 0.251 e. The van der Waals surface area contributed by atoms with E-state index in [4.69, 9.17) is 9.47 Å². The van der Waals surface area contributed by atoms with Gasteiger partial charge in [-0.25, -0.2) is 0 Å². The van der Waals surface area contributed by atoms with Crippen LogP contribution in [-0.4, -0.2) is 35.6 Å². The molecule has 1 N–H and O–H groups in total. The molecule has 6 nitrogen and oxygen atoms in total. The van der Waals surface area contributed by atoms with E-state index >= 15 is 0 Å². The van der Waals surface area contributed by atoms with Crippen molar-refractivity contribution < 1.29 is 19.1 Å². The molecule has 0 bridgehead atoms. The van der Waals surface area contributed by atoms with Crippen LogP contribution in [0.5, 0.6) is 11.5 Å². The maximum atomic E-state index is 12.5. The third-order valence-electron chi connectivity index (χ3n) is 5.39. The van der Waals surface area contributed by atoms with Crippen LogP contribution in [-0.2, 0) is 9.59 Å².